The van der Waals surface area contributed by atoms with Gasteiger partial charge in [0.15, 0.2) is 11.5 Å². The van der Waals surface area contributed by atoms with E-state index < -0.39 is 10.1 Å². The summed E-state index contributed by atoms with van der Waals surface area (Å²) < 4.78 is 39.5. The van der Waals surface area contributed by atoms with Gasteiger partial charge >= 0.3 is 0 Å². The lowest BCUT2D eigenvalue weighted by molar-refractivity contribution is 0.318. The molecule has 4 aromatic rings. The molecule has 0 bridgehead atoms. The maximum absolute atomic E-state index is 12.2. The number of aryl methyl sites for hydroxylation is 1. The molecule has 0 amide bonds. The van der Waals surface area contributed by atoms with E-state index in [4.69, 9.17) is 4.74 Å². The fourth-order valence-electron chi connectivity index (χ4n) is 3.50. The summed E-state index contributed by atoms with van der Waals surface area (Å²) in [5, 5.41) is 35.9. The number of aromatic hydroxyl groups is 2. The number of rotatable bonds is 8. The molecule has 0 aromatic heterocycles. The van der Waals surface area contributed by atoms with Gasteiger partial charge in [-0.1, -0.05) is 18.2 Å². The van der Waals surface area contributed by atoms with Crippen molar-refractivity contribution in [1.82, 2.24) is 0 Å². The van der Waals surface area contributed by atoms with E-state index in [1.165, 1.54) is 24.3 Å². The van der Waals surface area contributed by atoms with Crippen LogP contribution < -0.4 is 4.74 Å². The van der Waals surface area contributed by atoms with Gasteiger partial charge in [-0.05, 0) is 79.6 Å². The Morgan fingerprint density at radius 3 is 1.84 bits per heavy atom. The highest BCUT2D eigenvalue weighted by Gasteiger charge is 2.18. The third-order valence-corrected chi connectivity index (χ3v) is 6.30. The van der Waals surface area contributed by atoms with Crippen molar-refractivity contribution in [3.8, 4) is 28.4 Å². The molecule has 194 valence electrons. The highest BCUT2D eigenvalue weighted by Crippen LogP contribution is 2.34. The molecule has 0 aliphatic rings. The Bertz CT molecular complexity index is 1630. The predicted octanol–water partition coefficient (Wildman–Crippen LogP) is 7.55. The quantitative estimate of drug-likeness (QED) is 0.157. The van der Waals surface area contributed by atoms with E-state index in [1.807, 2.05) is 0 Å². The molecule has 0 aliphatic carbocycles. The third kappa shape index (κ3) is 6.38. The van der Waals surface area contributed by atoms with Crippen molar-refractivity contribution in [2.75, 3.05) is 6.61 Å². The van der Waals surface area contributed by atoms with E-state index in [0.29, 0.717) is 40.5 Å². The molecule has 0 saturated heterocycles. The summed E-state index contributed by atoms with van der Waals surface area (Å²) >= 11 is 0. The van der Waals surface area contributed by atoms with Crippen LogP contribution in [0.15, 0.2) is 104 Å². The largest absolute Gasteiger partial charge is 0.508 e. The van der Waals surface area contributed by atoms with Crippen LogP contribution in [0.2, 0.25) is 0 Å². The second-order valence-electron chi connectivity index (χ2n) is 8.16. The normalized spacial score (nSPS) is 11.9. The van der Waals surface area contributed by atoms with Gasteiger partial charge in [-0.2, -0.15) is 28.9 Å². The molecule has 38 heavy (non-hydrogen) atoms. The molecule has 0 heterocycles. The zero-order valence-corrected chi connectivity index (χ0v) is 21.3. The van der Waals surface area contributed by atoms with Crippen LogP contribution in [0.5, 0.6) is 17.2 Å². The minimum Gasteiger partial charge on any atom is -0.508 e. The van der Waals surface area contributed by atoms with Crippen molar-refractivity contribution in [2.45, 2.75) is 18.7 Å². The zero-order valence-electron chi connectivity index (χ0n) is 20.5. The number of hydrogen-bond acceptors (Lipinski definition) is 9. The highest BCUT2D eigenvalue weighted by atomic mass is 32.2. The van der Waals surface area contributed by atoms with Gasteiger partial charge < -0.3 is 14.9 Å². The Balaban J connectivity index is 1.58. The van der Waals surface area contributed by atoms with E-state index in [-0.39, 0.29) is 27.6 Å². The van der Waals surface area contributed by atoms with Crippen molar-refractivity contribution in [3.05, 3.63) is 84.4 Å². The summed E-state index contributed by atoms with van der Waals surface area (Å²) in [6.45, 7) is 3.92. The lowest BCUT2D eigenvalue weighted by Crippen LogP contribution is -2.00. The first kappa shape index (κ1) is 26.5. The molecule has 10 nitrogen and oxygen atoms in total. The van der Waals surface area contributed by atoms with Gasteiger partial charge in [-0.3, -0.25) is 4.55 Å². The fraction of sp³-hybridized carbons (Fsp3) is 0.111. The monoisotopic (exact) mass is 532 g/mol. The summed E-state index contributed by atoms with van der Waals surface area (Å²) in [5.41, 5.74) is 3.10. The van der Waals surface area contributed by atoms with Crippen molar-refractivity contribution in [3.63, 3.8) is 0 Å². The topological polar surface area (TPSA) is 153 Å². The Morgan fingerprint density at radius 2 is 1.24 bits per heavy atom. The molecule has 0 radical (unpaired) electrons. The molecular weight excluding hydrogens is 508 g/mol. The molecule has 0 spiro atoms. The van der Waals surface area contributed by atoms with Gasteiger partial charge in [0, 0.05) is 11.6 Å². The molecule has 3 N–H and O–H groups in total. The molecule has 11 heteroatoms. The number of nitrogens with zero attached hydrogens (tertiary/aromatic N) is 4. The first-order valence-corrected chi connectivity index (χ1v) is 12.9. The second-order valence-corrected chi connectivity index (χ2v) is 9.55. The summed E-state index contributed by atoms with van der Waals surface area (Å²) in [7, 11) is -4.58. The van der Waals surface area contributed by atoms with Crippen molar-refractivity contribution >= 4 is 32.9 Å². The number of ether oxygens (including phenoxy) is 1. The van der Waals surface area contributed by atoms with Gasteiger partial charge in [0.1, 0.15) is 10.6 Å². The SMILES string of the molecule is CCOc1cc(N=Nc2ccc(-c3ccc(N=Nc4ccc(O)c(C)c4)cc3S(=O)(=O)O)cc2)ccc1O. The maximum Gasteiger partial charge on any atom is 0.295 e. The Hall–Kier alpha value is -4.61. The fourth-order valence-corrected chi connectivity index (χ4v) is 4.24. The van der Waals surface area contributed by atoms with Crippen LogP contribution in [0.25, 0.3) is 11.1 Å². The number of phenolic OH excluding ortho intramolecular Hbond substituents is 2. The molecule has 0 atom stereocenters. The van der Waals surface area contributed by atoms with E-state index in [1.54, 1.807) is 68.4 Å². The standard InChI is InChI=1S/C27H24N4O6S/c1-3-37-26-15-21(10-13-25(26)33)30-28-19-6-4-18(5-7-19)23-11-8-22(16-27(23)38(34,35)36)31-29-20-9-12-24(32)17(2)14-20/h4-16,32-33H,3H2,1-2H3,(H,34,35,36). The van der Waals surface area contributed by atoms with Crippen molar-refractivity contribution in [1.29, 1.82) is 0 Å². The number of hydrogen-bond donors (Lipinski definition) is 3. The van der Waals surface area contributed by atoms with Crippen LogP contribution >= 0.6 is 0 Å². The van der Waals surface area contributed by atoms with Crippen LogP contribution in [-0.2, 0) is 10.1 Å². The molecule has 0 aliphatic heterocycles. The molecule has 0 saturated carbocycles. The van der Waals surface area contributed by atoms with Crippen LogP contribution in [-0.4, -0.2) is 29.8 Å². The first-order chi connectivity index (χ1) is 18.1. The number of benzene rings is 4. The average Bonchev–Trinajstić information content (AvgIpc) is 2.89. The second kappa shape index (κ2) is 11.2. The highest BCUT2D eigenvalue weighted by molar-refractivity contribution is 7.86. The molecule has 0 unspecified atom stereocenters. The average molecular weight is 533 g/mol. The van der Waals surface area contributed by atoms with Crippen LogP contribution in [0, 0.1) is 6.92 Å². The van der Waals surface area contributed by atoms with Gasteiger partial charge in [-0.15, -0.1) is 0 Å². The summed E-state index contributed by atoms with van der Waals surface area (Å²) in [6.07, 6.45) is 0. The van der Waals surface area contributed by atoms with Crippen molar-refractivity contribution < 1.29 is 27.9 Å². The Labute approximate surface area is 219 Å². The van der Waals surface area contributed by atoms with Gasteiger partial charge in [0.2, 0.25) is 0 Å². The lowest BCUT2D eigenvalue weighted by Gasteiger charge is -2.08. The number of azo groups is 2. The van der Waals surface area contributed by atoms with E-state index in [2.05, 4.69) is 20.5 Å². The lowest BCUT2D eigenvalue weighted by atomic mass is 10.0. The Kier molecular flexibility index (Phi) is 7.79. The van der Waals surface area contributed by atoms with Gasteiger partial charge in [0.25, 0.3) is 10.1 Å². The summed E-state index contributed by atoms with van der Waals surface area (Å²) in [5.74, 6) is 0.441. The van der Waals surface area contributed by atoms with Gasteiger partial charge in [0.05, 0.1) is 29.4 Å². The minimum absolute atomic E-state index is 0.00716. The van der Waals surface area contributed by atoms with E-state index in [0.717, 1.165) is 0 Å². The number of phenols is 2. The molecular formula is C27H24N4O6S. The first-order valence-electron chi connectivity index (χ1n) is 11.4. The van der Waals surface area contributed by atoms with Gasteiger partial charge in [-0.25, -0.2) is 0 Å². The summed E-state index contributed by atoms with van der Waals surface area (Å²) in [6, 6.07) is 20.3. The zero-order chi connectivity index (χ0) is 27.3. The minimum atomic E-state index is -4.58. The molecule has 4 aromatic carbocycles. The smallest absolute Gasteiger partial charge is 0.295 e. The predicted molar refractivity (Wildman–Crippen MR) is 142 cm³/mol. The van der Waals surface area contributed by atoms with E-state index in [9.17, 15) is 23.2 Å². The van der Waals surface area contributed by atoms with Crippen LogP contribution in [0.3, 0.4) is 0 Å². The molecule has 4 rings (SSSR count). The van der Waals surface area contributed by atoms with Crippen molar-refractivity contribution in [2.24, 2.45) is 20.5 Å². The maximum atomic E-state index is 12.2. The Morgan fingerprint density at radius 1 is 0.711 bits per heavy atom. The van der Waals surface area contributed by atoms with Crippen LogP contribution in [0.1, 0.15) is 12.5 Å². The van der Waals surface area contributed by atoms with E-state index >= 15 is 0 Å². The van der Waals surface area contributed by atoms with Crippen LogP contribution in [0.4, 0.5) is 22.7 Å². The third-order valence-electron chi connectivity index (χ3n) is 5.41. The molecule has 0 fully saturated rings. The summed E-state index contributed by atoms with van der Waals surface area (Å²) in [4.78, 5) is -0.322.